The van der Waals surface area contributed by atoms with Gasteiger partial charge in [0.1, 0.15) is 18.2 Å². The molecule has 5 nitrogen and oxygen atoms in total. The second kappa shape index (κ2) is 8.38. The summed E-state index contributed by atoms with van der Waals surface area (Å²) < 4.78 is 25.2. The molecule has 2 saturated heterocycles. The number of hydrogen-bond donors (Lipinski definition) is 1. The van der Waals surface area contributed by atoms with Crippen molar-refractivity contribution in [2.75, 3.05) is 13.7 Å². The van der Waals surface area contributed by atoms with E-state index in [1.54, 1.807) is 11.0 Å². The first-order valence-corrected chi connectivity index (χ1v) is 12.2. The molecule has 6 heteroatoms. The van der Waals surface area contributed by atoms with Crippen LogP contribution in [0.15, 0.2) is 66.7 Å². The molecule has 0 saturated carbocycles. The molecule has 2 heterocycles. The van der Waals surface area contributed by atoms with Crippen molar-refractivity contribution in [3.05, 3.63) is 89.2 Å². The molecule has 2 bridgehead atoms. The number of carbonyl (C=O) groups is 1. The van der Waals surface area contributed by atoms with E-state index >= 15 is 0 Å². The van der Waals surface area contributed by atoms with Crippen molar-refractivity contribution >= 4 is 6.09 Å². The van der Waals surface area contributed by atoms with Gasteiger partial charge in [-0.05, 0) is 52.8 Å². The molecule has 2 unspecified atom stereocenters. The highest BCUT2D eigenvalue weighted by atomic mass is 19.1. The van der Waals surface area contributed by atoms with Crippen LogP contribution in [0, 0.1) is 5.82 Å². The molecular weight excluding hydrogens is 445 g/mol. The van der Waals surface area contributed by atoms with Crippen LogP contribution in [0.1, 0.15) is 48.3 Å². The maximum Gasteiger partial charge on any atom is 0.410 e. The van der Waals surface area contributed by atoms with Crippen LogP contribution in [0.2, 0.25) is 0 Å². The summed E-state index contributed by atoms with van der Waals surface area (Å²) in [6, 6.07) is 20.6. The van der Waals surface area contributed by atoms with Crippen LogP contribution in [-0.2, 0) is 10.3 Å². The smallest absolute Gasteiger partial charge is 0.410 e. The Hall–Kier alpha value is -3.38. The van der Waals surface area contributed by atoms with E-state index < -0.39 is 11.4 Å². The van der Waals surface area contributed by atoms with E-state index in [4.69, 9.17) is 9.47 Å². The molecule has 1 aliphatic carbocycles. The highest BCUT2D eigenvalue weighted by Gasteiger charge is 2.51. The molecule has 1 amide bonds. The molecule has 6 rings (SSSR count). The number of piperidine rings is 1. The Kier molecular flexibility index (Phi) is 5.29. The van der Waals surface area contributed by atoms with Crippen molar-refractivity contribution in [1.82, 2.24) is 4.90 Å². The minimum Gasteiger partial charge on any atom is -0.497 e. The highest BCUT2D eigenvalue weighted by Crippen LogP contribution is 2.48. The van der Waals surface area contributed by atoms with Gasteiger partial charge in [-0.25, -0.2) is 9.18 Å². The zero-order valence-electron chi connectivity index (χ0n) is 19.6. The van der Waals surface area contributed by atoms with E-state index in [0.717, 1.165) is 12.8 Å². The summed E-state index contributed by atoms with van der Waals surface area (Å²) >= 11 is 0. The third-order valence-corrected chi connectivity index (χ3v) is 7.96. The summed E-state index contributed by atoms with van der Waals surface area (Å²) in [5.74, 6) is -0.0655. The third-order valence-electron chi connectivity index (χ3n) is 7.96. The fourth-order valence-corrected chi connectivity index (χ4v) is 6.38. The predicted molar refractivity (Wildman–Crippen MR) is 130 cm³/mol. The van der Waals surface area contributed by atoms with Crippen LogP contribution >= 0.6 is 0 Å². The molecule has 2 aliphatic heterocycles. The molecule has 3 aromatic carbocycles. The number of rotatable bonds is 4. The van der Waals surface area contributed by atoms with Crippen molar-refractivity contribution in [2.45, 2.75) is 49.3 Å². The van der Waals surface area contributed by atoms with E-state index in [9.17, 15) is 14.3 Å². The monoisotopic (exact) mass is 473 g/mol. The second-order valence-electron chi connectivity index (χ2n) is 9.92. The van der Waals surface area contributed by atoms with Crippen LogP contribution in [0.3, 0.4) is 0 Å². The minimum atomic E-state index is -1.21. The van der Waals surface area contributed by atoms with Crippen LogP contribution < -0.4 is 4.74 Å². The average Bonchev–Trinajstić information content (AvgIpc) is 3.34. The number of benzene rings is 3. The Morgan fingerprint density at radius 3 is 2.20 bits per heavy atom. The van der Waals surface area contributed by atoms with E-state index in [2.05, 4.69) is 24.3 Å². The molecular formula is C29H28FNO4. The molecule has 1 N–H and O–H groups in total. The van der Waals surface area contributed by atoms with Crippen LogP contribution in [0.25, 0.3) is 11.1 Å². The van der Waals surface area contributed by atoms with E-state index in [-0.39, 0.29) is 30.7 Å². The van der Waals surface area contributed by atoms with Gasteiger partial charge in [0.2, 0.25) is 0 Å². The van der Waals surface area contributed by atoms with Crippen LogP contribution in [-0.4, -0.2) is 41.9 Å². The number of carbonyl (C=O) groups excluding carboxylic acids is 1. The Bertz CT molecular complexity index is 1230. The summed E-state index contributed by atoms with van der Waals surface area (Å²) in [7, 11) is 1.48. The number of methoxy groups -OCH3 is 1. The topological polar surface area (TPSA) is 59.0 Å². The van der Waals surface area contributed by atoms with Gasteiger partial charge in [-0.1, -0.05) is 48.5 Å². The van der Waals surface area contributed by atoms with Gasteiger partial charge < -0.3 is 19.5 Å². The molecule has 2 fully saturated rings. The molecule has 35 heavy (non-hydrogen) atoms. The number of fused-ring (bicyclic) bond motifs is 5. The number of hydrogen-bond acceptors (Lipinski definition) is 4. The first-order valence-electron chi connectivity index (χ1n) is 12.2. The zero-order chi connectivity index (χ0) is 24.2. The van der Waals surface area contributed by atoms with Gasteiger partial charge in [0, 0.05) is 36.9 Å². The zero-order valence-corrected chi connectivity index (χ0v) is 19.6. The van der Waals surface area contributed by atoms with Crippen LogP contribution in [0.5, 0.6) is 5.75 Å². The maximum absolute atomic E-state index is 14.1. The Morgan fingerprint density at radius 1 is 1.00 bits per heavy atom. The number of ether oxygens (including phenoxy) is 2. The van der Waals surface area contributed by atoms with Crippen molar-refractivity contribution in [3.8, 4) is 16.9 Å². The lowest BCUT2D eigenvalue weighted by Gasteiger charge is -2.43. The largest absolute Gasteiger partial charge is 0.497 e. The Balaban J connectivity index is 1.19. The number of aliphatic hydroxyl groups is 1. The first kappa shape index (κ1) is 22.1. The standard InChI is InChI=1S/C29H28FNO4/c1-34-22-13-18(12-19(30)14-22)29(33)15-20-10-11-21(16-29)31(20)28(32)35-17-27-25-8-4-2-6-23(25)24-7-3-5-9-26(24)27/h2-9,12-14,20-21,27,33H,10-11,15-17H2,1H3. The summed E-state index contributed by atoms with van der Waals surface area (Å²) in [4.78, 5) is 15.1. The normalized spacial score (nSPS) is 24.7. The second-order valence-corrected chi connectivity index (χ2v) is 9.92. The lowest BCUT2D eigenvalue weighted by molar-refractivity contribution is -0.0534. The first-order chi connectivity index (χ1) is 17.0. The van der Waals surface area contributed by atoms with Crippen molar-refractivity contribution in [1.29, 1.82) is 0 Å². The number of halogens is 1. The van der Waals surface area contributed by atoms with Crippen molar-refractivity contribution in [2.24, 2.45) is 0 Å². The molecule has 3 aromatic rings. The quantitative estimate of drug-likeness (QED) is 0.536. The maximum atomic E-state index is 14.1. The van der Waals surface area contributed by atoms with Gasteiger partial charge in [-0.15, -0.1) is 0 Å². The van der Waals surface area contributed by atoms with E-state index in [0.29, 0.717) is 24.2 Å². The van der Waals surface area contributed by atoms with Crippen LogP contribution in [0.4, 0.5) is 9.18 Å². The SMILES string of the molecule is COc1cc(F)cc(C2(O)CC3CCC(C2)N3C(=O)OCC2c3ccccc3-c3ccccc32)c1. The number of amides is 1. The van der Waals surface area contributed by atoms with Gasteiger partial charge in [-0.2, -0.15) is 0 Å². The van der Waals surface area contributed by atoms with Gasteiger partial charge in [-0.3, -0.25) is 0 Å². The number of nitrogens with zero attached hydrogens (tertiary/aromatic N) is 1. The summed E-state index contributed by atoms with van der Waals surface area (Å²) in [6.45, 7) is 0.272. The molecule has 0 spiro atoms. The lowest BCUT2D eigenvalue weighted by atomic mass is 9.80. The summed E-state index contributed by atoms with van der Waals surface area (Å²) in [5, 5.41) is 11.5. The predicted octanol–water partition coefficient (Wildman–Crippen LogP) is 5.60. The van der Waals surface area contributed by atoms with Crippen molar-refractivity contribution < 1.29 is 23.8 Å². The lowest BCUT2D eigenvalue weighted by Crippen LogP contribution is -2.52. The Labute approximate surface area is 204 Å². The fourth-order valence-electron chi connectivity index (χ4n) is 6.38. The molecule has 2 atom stereocenters. The van der Waals surface area contributed by atoms with Gasteiger partial charge in [0.15, 0.2) is 0 Å². The summed E-state index contributed by atoms with van der Waals surface area (Å²) in [5.41, 5.74) is 4.03. The minimum absolute atomic E-state index is 0.00508. The third kappa shape index (κ3) is 3.67. The highest BCUT2D eigenvalue weighted by molar-refractivity contribution is 5.79. The molecule has 0 radical (unpaired) electrons. The molecule has 0 aromatic heterocycles. The van der Waals surface area contributed by atoms with Gasteiger partial charge >= 0.3 is 6.09 Å². The van der Waals surface area contributed by atoms with Crippen molar-refractivity contribution in [3.63, 3.8) is 0 Å². The molecule has 3 aliphatic rings. The van der Waals surface area contributed by atoms with Gasteiger partial charge in [0.05, 0.1) is 12.7 Å². The fraction of sp³-hybridized carbons (Fsp3) is 0.345. The average molecular weight is 474 g/mol. The Morgan fingerprint density at radius 2 is 1.60 bits per heavy atom. The molecule has 180 valence electrons. The van der Waals surface area contributed by atoms with Gasteiger partial charge in [0.25, 0.3) is 0 Å². The van der Waals surface area contributed by atoms with E-state index in [1.807, 2.05) is 24.3 Å². The summed E-state index contributed by atoms with van der Waals surface area (Å²) in [6.07, 6.45) is 1.95. The van der Waals surface area contributed by atoms with E-state index in [1.165, 1.54) is 41.5 Å².